The van der Waals surface area contributed by atoms with Crippen LogP contribution in [0.15, 0.2) is 152 Å². The van der Waals surface area contributed by atoms with Gasteiger partial charge in [0.25, 0.3) is 0 Å². The zero-order valence-corrected chi connectivity index (χ0v) is 26.7. The van der Waals surface area contributed by atoms with Gasteiger partial charge in [-0.05, 0) is 82.7 Å². The van der Waals surface area contributed by atoms with Gasteiger partial charge in [0, 0.05) is 32.9 Å². The van der Waals surface area contributed by atoms with E-state index in [0.29, 0.717) is 16.9 Å². The van der Waals surface area contributed by atoms with Crippen molar-refractivity contribution >= 4 is 55.0 Å². The molecule has 7 aromatic carbocycles. The van der Waals surface area contributed by atoms with Crippen LogP contribution in [-0.2, 0) is 0 Å². The predicted octanol–water partition coefficient (Wildman–Crippen LogP) is 12.2. The summed E-state index contributed by atoms with van der Waals surface area (Å²) in [6.07, 6.45) is 0. The highest BCUT2D eigenvalue weighted by Crippen LogP contribution is 2.43. The van der Waals surface area contributed by atoms with Gasteiger partial charge in [-0.3, -0.25) is 0 Å². The minimum atomic E-state index is 0.558. The van der Waals surface area contributed by atoms with Crippen molar-refractivity contribution in [1.29, 1.82) is 5.26 Å². The van der Waals surface area contributed by atoms with E-state index in [1.807, 2.05) is 84.9 Å². The third kappa shape index (κ3) is 4.31. The molecule has 0 bridgehead atoms. The summed E-state index contributed by atoms with van der Waals surface area (Å²) in [6.45, 7) is 15.8. The maximum absolute atomic E-state index is 9.63. The number of benzene rings is 7. The molecule has 0 atom stereocenters. The summed E-state index contributed by atoms with van der Waals surface area (Å²) in [6, 6.07) is 53.3. The van der Waals surface area contributed by atoms with Crippen LogP contribution in [-0.4, -0.2) is 9.13 Å². The average Bonchev–Trinajstić information content (AvgIpc) is 3.70. The number of nitrogens with zero attached hydrogens (tertiary/aromatic N) is 5. The molecule has 0 aliphatic heterocycles. The number of nitriles is 1. The first kappa shape index (κ1) is 28.8. The molecule has 2 aromatic heterocycles. The summed E-state index contributed by atoms with van der Waals surface area (Å²) in [7, 11) is 0. The Balaban J connectivity index is 1.29. The first-order valence-electron chi connectivity index (χ1n) is 16.2. The van der Waals surface area contributed by atoms with Crippen LogP contribution in [0.2, 0.25) is 0 Å². The van der Waals surface area contributed by atoms with Crippen molar-refractivity contribution in [2.75, 3.05) is 0 Å². The first-order chi connectivity index (χ1) is 24.7. The Kier molecular flexibility index (Phi) is 6.56. The van der Waals surface area contributed by atoms with Crippen LogP contribution in [0.25, 0.3) is 86.9 Å². The number of hydrogen-bond acceptors (Lipinski definition) is 1. The lowest BCUT2D eigenvalue weighted by Crippen LogP contribution is -1.98. The molecule has 5 nitrogen and oxygen atoms in total. The van der Waals surface area contributed by atoms with Gasteiger partial charge < -0.3 is 9.13 Å². The molecule has 5 heteroatoms. The van der Waals surface area contributed by atoms with Crippen LogP contribution < -0.4 is 0 Å². The number of rotatable bonds is 4. The molecule has 0 saturated carbocycles. The summed E-state index contributed by atoms with van der Waals surface area (Å²) in [5.74, 6) is 0. The minimum Gasteiger partial charge on any atom is -0.310 e. The van der Waals surface area contributed by atoms with E-state index < -0.39 is 0 Å². The molecule has 0 spiro atoms. The number of aromatic nitrogens is 2. The summed E-state index contributed by atoms with van der Waals surface area (Å²) in [4.78, 5) is 7.71. The van der Waals surface area contributed by atoms with Gasteiger partial charge in [0.15, 0.2) is 11.4 Å². The number of para-hydroxylation sites is 3. The third-order valence-electron chi connectivity index (χ3n) is 9.58. The molecule has 230 valence electrons. The number of hydrogen-bond donors (Lipinski definition) is 0. The van der Waals surface area contributed by atoms with Gasteiger partial charge in [-0.25, -0.2) is 9.69 Å². The highest BCUT2D eigenvalue weighted by molar-refractivity contribution is 6.15. The van der Waals surface area contributed by atoms with E-state index in [4.69, 9.17) is 13.1 Å². The van der Waals surface area contributed by atoms with E-state index in [0.717, 1.165) is 77.2 Å². The van der Waals surface area contributed by atoms with Crippen LogP contribution in [0, 0.1) is 24.5 Å². The molecule has 0 fully saturated rings. The molecular weight excluding hydrogens is 611 g/mol. The smallest absolute Gasteiger partial charge is 0.197 e. The molecule has 9 rings (SSSR count). The van der Waals surface area contributed by atoms with Crippen molar-refractivity contribution in [3.05, 3.63) is 180 Å². The van der Waals surface area contributed by atoms with E-state index in [9.17, 15) is 5.26 Å². The van der Waals surface area contributed by atoms with Gasteiger partial charge >= 0.3 is 0 Å². The van der Waals surface area contributed by atoms with Crippen LogP contribution >= 0.6 is 0 Å². The molecule has 0 saturated heterocycles. The fourth-order valence-electron chi connectivity index (χ4n) is 7.46. The number of fused-ring (bicyclic) bond motifs is 6. The van der Waals surface area contributed by atoms with Crippen molar-refractivity contribution in [2.45, 2.75) is 0 Å². The molecule has 9 aromatic rings. The monoisotopic (exact) mass is 635 g/mol. The summed E-state index contributed by atoms with van der Waals surface area (Å²) in [5.41, 5.74) is 11.8. The van der Waals surface area contributed by atoms with Crippen molar-refractivity contribution in [3.63, 3.8) is 0 Å². The largest absolute Gasteiger partial charge is 0.310 e. The molecule has 0 radical (unpaired) electrons. The Labute approximate surface area is 288 Å². The molecule has 0 aliphatic rings. The standard InChI is InChI=1S/C45H25N5/c1-47-31-22-23-33(30-11-9-12-32(26-30)49-40-17-6-4-14-35(40)38-25-29(28-46)21-24-43(38)49)37(27-31)34-13-3-7-18-41(34)50-42-19-8-5-15-36(42)45-39(48-2)16-10-20-44(45)50/h3-27H. The Hall–Kier alpha value is -7.39. The lowest BCUT2D eigenvalue weighted by Gasteiger charge is -2.18. The van der Waals surface area contributed by atoms with Crippen molar-refractivity contribution in [1.82, 2.24) is 9.13 Å². The van der Waals surface area contributed by atoms with Gasteiger partial charge in [0.05, 0.1) is 47.0 Å². The van der Waals surface area contributed by atoms with E-state index in [1.54, 1.807) is 0 Å². The average molecular weight is 636 g/mol. The second-order valence-electron chi connectivity index (χ2n) is 12.2. The predicted molar refractivity (Wildman–Crippen MR) is 203 cm³/mol. The molecule has 2 heterocycles. The zero-order valence-electron chi connectivity index (χ0n) is 26.7. The quantitative estimate of drug-likeness (QED) is 0.177. The molecule has 0 amide bonds. The van der Waals surface area contributed by atoms with Gasteiger partial charge in [0.2, 0.25) is 0 Å². The van der Waals surface area contributed by atoms with Crippen LogP contribution in [0.4, 0.5) is 11.4 Å². The minimum absolute atomic E-state index is 0.558. The fraction of sp³-hybridized carbons (Fsp3) is 0. The second kappa shape index (κ2) is 11.4. The maximum Gasteiger partial charge on any atom is 0.197 e. The summed E-state index contributed by atoms with van der Waals surface area (Å²) >= 11 is 0. The zero-order chi connectivity index (χ0) is 33.8. The van der Waals surface area contributed by atoms with Crippen molar-refractivity contribution in [2.24, 2.45) is 0 Å². The lowest BCUT2D eigenvalue weighted by atomic mass is 9.92. The molecular formula is C45H25N5. The van der Waals surface area contributed by atoms with Crippen LogP contribution in [0.3, 0.4) is 0 Å². The molecule has 0 unspecified atom stereocenters. The third-order valence-corrected chi connectivity index (χ3v) is 9.58. The van der Waals surface area contributed by atoms with E-state index >= 15 is 0 Å². The maximum atomic E-state index is 9.63. The summed E-state index contributed by atoms with van der Waals surface area (Å²) < 4.78 is 4.50. The SMILES string of the molecule is [C-]#[N+]c1ccc(-c2cccc(-n3c4ccccc4c4cc(C#N)ccc43)c2)c(-c2ccccc2-n2c3ccccc3c3c([N+]#[C-])cccc32)c1. The molecule has 0 N–H and O–H groups in total. The van der Waals surface area contributed by atoms with E-state index in [2.05, 4.69) is 91.6 Å². The molecule has 50 heavy (non-hydrogen) atoms. The van der Waals surface area contributed by atoms with Crippen molar-refractivity contribution in [3.8, 4) is 39.7 Å². The van der Waals surface area contributed by atoms with Gasteiger partial charge in [-0.1, -0.05) is 91.0 Å². The molecule has 0 aliphatic carbocycles. The summed E-state index contributed by atoms with van der Waals surface area (Å²) in [5, 5.41) is 13.7. The highest BCUT2D eigenvalue weighted by atomic mass is 15.0. The fourth-order valence-corrected chi connectivity index (χ4v) is 7.46. The van der Waals surface area contributed by atoms with Crippen LogP contribution in [0.5, 0.6) is 0 Å². The highest BCUT2D eigenvalue weighted by Gasteiger charge is 2.20. The van der Waals surface area contributed by atoms with Gasteiger partial charge in [-0.15, -0.1) is 0 Å². The lowest BCUT2D eigenvalue weighted by molar-refractivity contribution is 1.18. The van der Waals surface area contributed by atoms with Gasteiger partial charge in [0.1, 0.15) is 0 Å². The topological polar surface area (TPSA) is 42.4 Å². The Morgan fingerprint density at radius 1 is 0.500 bits per heavy atom. The Morgan fingerprint density at radius 3 is 2.04 bits per heavy atom. The van der Waals surface area contributed by atoms with Crippen molar-refractivity contribution < 1.29 is 0 Å². The van der Waals surface area contributed by atoms with E-state index in [-0.39, 0.29) is 0 Å². The normalized spacial score (nSPS) is 11.1. The Morgan fingerprint density at radius 2 is 1.22 bits per heavy atom. The first-order valence-corrected chi connectivity index (χ1v) is 16.2. The Bertz CT molecular complexity index is 2970. The van der Waals surface area contributed by atoms with Gasteiger partial charge in [-0.2, -0.15) is 5.26 Å². The van der Waals surface area contributed by atoms with E-state index in [1.165, 1.54) is 0 Å². The van der Waals surface area contributed by atoms with Crippen LogP contribution in [0.1, 0.15) is 5.56 Å². The second-order valence-corrected chi connectivity index (χ2v) is 12.2.